The summed E-state index contributed by atoms with van der Waals surface area (Å²) in [7, 11) is 1.64. The molecule has 0 fully saturated rings. The van der Waals surface area contributed by atoms with E-state index in [0.29, 0.717) is 11.1 Å². The molecule has 0 bridgehead atoms. The van der Waals surface area contributed by atoms with E-state index in [-0.39, 0.29) is 0 Å². The second kappa shape index (κ2) is 6.93. The van der Waals surface area contributed by atoms with E-state index in [2.05, 4.69) is 27.5 Å². The van der Waals surface area contributed by atoms with Gasteiger partial charge in [0.2, 0.25) is 5.89 Å². The van der Waals surface area contributed by atoms with E-state index < -0.39 is 0 Å². The molecule has 22 heavy (non-hydrogen) atoms. The van der Waals surface area contributed by atoms with Gasteiger partial charge in [0.25, 0.3) is 5.22 Å². The van der Waals surface area contributed by atoms with Crippen molar-refractivity contribution in [2.24, 2.45) is 0 Å². The zero-order valence-electron chi connectivity index (χ0n) is 12.3. The maximum Gasteiger partial charge on any atom is 0.277 e. The third-order valence-electron chi connectivity index (χ3n) is 2.99. The number of benzene rings is 1. The van der Waals surface area contributed by atoms with Crippen molar-refractivity contribution in [1.29, 1.82) is 0 Å². The highest BCUT2D eigenvalue weighted by atomic mass is 32.2. The molecule has 0 N–H and O–H groups in total. The Bertz CT molecular complexity index is 737. The SMILES string of the molecule is CCc1nc(CSc2nnc(-c3ccc(OC)cc3)o2)cs1. The molecule has 1 aromatic carbocycles. The van der Waals surface area contributed by atoms with Crippen molar-refractivity contribution in [2.45, 2.75) is 24.3 Å². The predicted octanol–water partition coefficient (Wildman–Crippen LogP) is 4.06. The zero-order valence-corrected chi connectivity index (χ0v) is 13.9. The fraction of sp³-hybridized carbons (Fsp3) is 0.267. The minimum Gasteiger partial charge on any atom is -0.497 e. The highest BCUT2D eigenvalue weighted by Gasteiger charge is 2.10. The Morgan fingerprint density at radius 3 is 2.73 bits per heavy atom. The molecule has 2 heterocycles. The molecule has 3 rings (SSSR count). The maximum atomic E-state index is 5.67. The predicted molar refractivity (Wildman–Crippen MR) is 87.3 cm³/mol. The second-order valence-corrected chi connectivity index (χ2v) is 6.35. The van der Waals surface area contributed by atoms with E-state index in [1.165, 1.54) is 11.8 Å². The Morgan fingerprint density at radius 2 is 2.05 bits per heavy atom. The molecule has 0 aliphatic rings. The molecule has 0 aliphatic carbocycles. The highest BCUT2D eigenvalue weighted by molar-refractivity contribution is 7.98. The first-order chi connectivity index (χ1) is 10.8. The first kappa shape index (κ1) is 15.1. The van der Waals surface area contributed by atoms with E-state index in [4.69, 9.17) is 9.15 Å². The number of nitrogens with zero attached hydrogens (tertiary/aromatic N) is 3. The van der Waals surface area contributed by atoms with E-state index in [1.807, 2.05) is 24.3 Å². The van der Waals surface area contributed by atoms with Crippen LogP contribution in [0.1, 0.15) is 17.6 Å². The molecule has 0 atom stereocenters. The van der Waals surface area contributed by atoms with Crippen molar-refractivity contribution in [2.75, 3.05) is 7.11 Å². The Kier molecular flexibility index (Phi) is 4.74. The maximum absolute atomic E-state index is 5.67. The van der Waals surface area contributed by atoms with Crippen LogP contribution in [0.5, 0.6) is 5.75 Å². The molecule has 3 aromatic rings. The lowest BCUT2D eigenvalue weighted by Gasteiger charge is -1.99. The Hall–Kier alpha value is -1.86. The molecule has 2 aromatic heterocycles. The van der Waals surface area contributed by atoms with Crippen LogP contribution >= 0.6 is 23.1 Å². The van der Waals surface area contributed by atoms with Crippen LogP contribution in [0.3, 0.4) is 0 Å². The number of hydrogen-bond donors (Lipinski definition) is 0. The van der Waals surface area contributed by atoms with Gasteiger partial charge in [0, 0.05) is 16.7 Å². The summed E-state index contributed by atoms with van der Waals surface area (Å²) in [6.07, 6.45) is 0.970. The van der Waals surface area contributed by atoms with Crippen LogP contribution < -0.4 is 4.74 Å². The van der Waals surface area contributed by atoms with Gasteiger partial charge >= 0.3 is 0 Å². The lowest BCUT2D eigenvalue weighted by Crippen LogP contribution is -1.83. The molecule has 0 saturated carbocycles. The molecule has 0 unspecified atom stereocenters. The molecule has 0 radical (unpaired) electrons. The van der Waals surface area contributed by atoms with Crippen LogP contribution in [0.25, 0.3) is 11.5 Å². The van der Waals surface area contributed by atoms with Crippen LogP contribution in [-0.4, -0.2) is 22.3 Å². The van der Waals surface area contributed by atoms with E-state index in [9.17, 15) is 0 Å². The van der Waals surface area contributed by atoms with Crippen LogP contribution in [0.15, 0.2) is 39.3 Å². The molecule has 114 valence electrons. The average molecular weight is 333 g/mol. The average Bonchev–Trinajstić information content (AvgIpc) is 3.22. The van der Waals surface area contributed by atoms with Crippen molar-refractivity contribution >= 4 is 23.1 Å². The molecule has 0 amide bonds. The minimum atomic E-state index is 0.512. The number of aromatic nitrogens is 3. The largest absolute Gasteiger partial charge is 0.497 e. The number of aryl methyl sites for hydroxylation is 1. The van der Waals surface area contributed by atoms with Gasteiger partial charge in [-0.2, -0.15) is 0 Å². The molecular weight excluding hydrogens is 318 g/mol. The normalized spacial score (nSPS) is 10.8. The van der Waals surface area contributed by atoms with Crippen LogP contribution in [0.4, 0.5) is 0 Å². The standard InChI is InChI=1S/C15H15N3O2S2/c1-3-13-16-11(8-21-13)9-22-15-18-17-14(20-15)10-4-6-12(19-2)7-5-10/h4-8H,3,9H2,1-2H3. The van der Waals surface area contributed by atoms with Gasteiger partial charge in [0.1, 0.15) is 5.75 Å². The number of hydrogen-bond acceptors (Lipinski definition) is 7. The number of ether oxygens (including phenoxy) is 1. The van der Waals surface area contributed by atoms with Crippen molar-refractivity contribution in [1.82, 2.24) is 15.2 Å². The number of rotatable bonds is 6. The fourth-order valence-corrected chi connectivity index (χ4v) is 3.34. The quantitative estimate of drug-likeness (QED) is 0.634. The Labute approximate surface area is 136 Å². The summed E-state index contributed by atoms with van der Waals surface area (Å²) in [6.45, 7) is 2.11. The number of thioether (sulfide) groups is 1. The van der Waals surface area contributed by atoms with Gasteiger partial charge in [-0.15, -0.1) is 21.5 Å². The molecule has 0 spiro atoms. The Balaban J connectivity index is 1.65. The van der Waals surface area contributed by atoms with E-state index >= 15 is 0 Å². The molecular formula is C15H15N3O2S2. The summed E-state index contributed by atoms with van der Waals surface area (Å²) in [4.78, 5) is 4.52. The van der Waals surface area contributed by atoms with Crippen LogP contribution in [-0.2, 0) is 12.2 Å². The van der Waals surface area contributed by atoms with Crippen LogP contribution in [0, 0.1) is 0 Å². The third kappa shape index (κ3) is 3.48. The lowest BCUT2D eigenvalue weighted by molar-refractivity contribution is 0.414. The fourth-order valence-electron chi connectivity index (χ4n) is 1.83. The monoisotopic (exact) mass is 333 g/mol. The first-order valence-corrected chi connectivity index (χ1v) is 8.69. The topological polar surface area (TPSA) is 61.0 Å². The number of thiazole rings is 1. The summed E-state index contributed by atoms with van der Waals surface area (Å²) in [5.74, 6) is 2.05. The van der Waals surface area contributed by atoms with Crippen molar-refractivity contribution in [3.63, 3.8) is 0 Å². The second-order valence-electron chi connectivity index (χ2n) is 4.48. The minimum absolute atomic E-state index is 0.512. The zero-order chi connectivity index (χ0) is 15.4. The summed E-state index contributed by atoms with van der Waals surface area (Å²) in [5, 5.41) is 11.9. The van der Waals surface area contributed by atoms with Crippen molar-refractivity contribution < 1.29 is 9.15 Å². The molecule has 0 saturated heterocycles. The summed E-state index contributed by atoms with van der Waals surface area (Å²) >= 11 is 3.19. The molecule has 5 nitrogen and oxygen atoms in total. The third-order valence-corrected chi connectivity index (χ3v) is 4.88. The van der Waals surface area contributed by atoms with Gasteiger partial charge in [-0.05, 0) is 30.7 Å². The summed E-state index contributed by atoms with van der Waals surface area (Å²) in [6, 6.07) is 7.53. The molecule has 0 aliphatic heterocycles. The van der Waals surface area contributed by atoms with Gasteiger partial charge in [-0.25, -0.2) is 4.98 Å². The highest BCUT2D eigenvalue weighted by Crippen LogP contribution is 2.27. The van der Waals surface area contributed by atoms with Gasteiger partial charge in [0.15, 0.2) is 0 Å². The van der Waals surface area contributed by atoms with Gasteiger partial charge in [-0.3, -0.25) is 0 Å². The van der Waals surface area contributed by atoms with Gasteiger partial charge in [-0.1, -0.05) is 18.7 Å². The van der Waals surface area contributed by atoms with Gasteiger partial charge < -0.3 is 9.15 Å². The van der Waals surface area contributed by atoms with Crippen LogP contribution in [0.2, 0.25) is 0 Å². The van der Waals surface area contributed by atoms with Crippen molar-refractivity contribution in [3.05, 3.63) is 40.3 Å². The summed E-state index contributed by atoms with van der Waals surface area (Å²) < 4.78 is 10.8. The van der Waals surface area contributed by atoms with E-state index in [1.54, 1.807) is 18.4 Å². The summed E-state index contributed by atoms with van der Waals surface area (Å²) in [5.41, 5.74) is 1.93. The Morgan fingerprint density at radius 1 is 1.23 bits per heavy atom. The first-order valence-electron chi connectivity index (χ1n) is 6.82. The van der Waals surface area contributed by atoms with Gasteiger partial charge in [0.05, 0.1) is 17.8 Å². The number of methoxy groups -OCH3 is 1. The van der Waals surface area contributed by atoms with Crippen molar-refractivity contribution in [3.8, 4) is 17.2 Å². The smallest absolute Gasteiger partial charge is 0.277 e. The molecule has 7 heteroatoms. The lowest BCUT2D eigenvalue weighted by atomic mass is 10.2. The van der Waals surface area contributed by atoms with E-state index in [0.717, 1.165) is 34.2 Å².